The standard InChI is InChI=1S/C19H23F2N3O3/c1-12(27-16-4-3-14(20)11-15(16)21)19(26)24-8-5-13(6-9-24)17(25)18-22-7-10-23(18)2/h3-4,7,10-13,17,25H,5-6,8-9H2,1-2H3/t12-,17+/m0/s1. The number of rotatable bonds is 5. The number of aliphatic hydroxyl groups excluding tert-OH is 1. The summed E-state index contributed by atoms with van der Waals surface area (Å²) in [5, 5.41) is 10.5. The molecule has 0 spiro atoms. The second kappa shape index (κ2) is 8.04. The topological polar surface area (TPSA) is 67.6 Å². The number of likely N-dealkylation sites (tertiary alicyclic amines) is 1. The molecule has 6 nitrogen and oxygen atoms in total. The number of aliphatic hydroxyl groups is 1. The van der Waals surface area contributed by atoms with E-state index >= 15 is 0 Å². The van der Waals surface area contributed by atoms with Crippen molar-refractivity contribution in [1.29, 1.82) is 0 Å². The van der Waals surface area contributed by atoms with Gasteiger partial charge in [0, 0.05) is 38.6 Å². The van der Waals surface area contributed by atoms with Crippen LogP contribution in [0, 0.1) is 17.6 Å². The normalized spacial score (nSPS) is 17.6. The number of carbonyl (C=O) groups excluding carboxylic acids is 1. The highest BCUT2D eigenvalue weighted by atomic mass is 19.1. The zero-order valence-electron chi connectivity index (χ0n) is 15.3. The lowest BCUT2D eigenvalue weighted by Gasteiger charge is -2.35. The van der Waals surface area contributed by atoms with E-state index in [1.807, 2.05) is 7.05 Å². The average Bonchev–Trinajstić information content (AvgIpc) is 3.08. The molecule has 2 atom stereocenters. The molecule has 1 saturated heterocycles. The molecule has 27 heavy (non-hydrogen) atoms. The molecule has 0 unspecified atom stereocenters. The molecule has 1 amide bonds. The summed E-state index contributed by atoms with van der Waals surface area (Å²) in [4.78, 5) is 18.4. The zero-order chi connectivity index (χ0) is 19.6. The summed E-state index contributed by atoms with van der Waals surface area (Å²) in [5.74, 6) is -1.33. The van der Waals surface area contributed by atoms with Crippen LogP contribution < -0.4 is 4.74 Å². The van der Waals surface area contributed by atoms with E-state index in [0.29, 0.717) is 31.8 Å². The number of amides is 1. The monoisotopic (exact) mass is 379 g/mol. The number of hydrogen-bond acceptors (Lipinski definition) is 4. The minimum Gasteiger partial charge on any atom is -0.478 e. The van der Waals surface area contributed by atoms with E-state index in [1.165, 1.54) is 6.07 Å². The quantitative estimate of drug-likeness (QED) is 0.867. The van der Waals surface area contributed by atoms with E-state index in [1.54, 1.807) is 28.8 Å². The maximum absolute atomic E-state index is 13.7. The predicted octanol–water partition coefficient (Wildman–Crippen LogP) is 2.44. The van der Waals surface area contributed by atoms with Gasteiger partial charge in [-0.2, -0.15) is 0 Å². The predicted molar refractivity (Wildman–Crippen MR) is 93.9 cm³/mol. The Kier molecular flexibility index (Phi) is 5.74. The highest BCUT2D eigenvalue weighted by Crippen LogP contribution is 2.30. The molecular formula is C19H23F2N3O3. The molecule has 3 rings (SSSR count). The van der Waals surface area contributed by atoms with E-state index < -0.39 is 23.8 Å². The first-order valence-electron chi connectivity index (χ1n) is 8.92. The maximum atomic E-state index is 13.7. The number of carbonyl (C=O) groups is 1. The first kappa shape index (κ1) is 19.3. The van der Waals surface area contributed by atoms with Crippen LogP contribution in [-0.4, -0.2) is 44.7 Å². The Morgan fingerprint density at radius 2 is 2.04 bits per heavy atom. The fourth-order valence-corrected chi connectivity index (χ4v) is 3.38. The second-order valence-electron chi connectivity index (χ2n) is 6.84. The van der Waals surface area contributed by atoms with Crippen molar-refractivity contribution in [1.82, 2.24) is 14.5 Å². The van der Waals surface area contributed by atoms with Gasteiger partial charge in [0.2, 0.25) is 0 Å². The maximum Gasteiger partial charge on any atom is 0.263 e. The lowest BCUT2D eigenvalue weighted by atomic mass is 9.90. The molecule has 2 heterocycles. The van der Waals surface area contributed by atoms with Gasteiger partial charge in [-0.25, -0.2) is 13.8 Å². The summed E-state index contributed by atoms with van der Waals surface area (Å²) >= 11 is 0. The highest BCUT2D eigenvalue weighted by Gasteiger charge is 2.32. The van der Waals surface area contributed by atoms with Crippen LogP contribution in [0.2, 0.25) is 0 Å². The van der Waals surface area contributed by atoms with Crippen molar-refractivity contribution in [3.63, 3.8) is 0 Å². The minimum atomic E-state index is -0.888. The van der Waals surface area contributed by atoms with E-state index in [9.17, 15) is 18.7 Å². The van der Waals surface area contributed by atoms with Gasteiger partial charge in [0.15, 0.2) is 17.7 Å². The Hall–Kier alpha value is -2.48. The van der Waals surface area contributed by atoms with Crippen molar-refractivity contribution < 1.29 is 23.4 Å². The highest BCUT2D eigenvalue weighted by molar-refractivity contribution is 5.81. The summed E-state index contributed by atoms with van der Waals surface area (Å²) in [6.07, 6.45) is 3.13. The second-order valence-corrected chi connectivity index (χ2v) is 6.84. The van der Waals surface area contributed by atoms with Crippen molar-refractivity contribution >= 4 is 5.91 Å². The lowest BCUT2D eigenvalue weighted by molar-refractivity contribution is -0.140. The van der Waals surface area contributed by atoms with Crippen molar-refractivity contribution in [2.45, 2.75) is 32.0 Å². The van der Waals surface area contributed by atoms with Crippen LogP contribution in [0.5, 0.6) is 5.75 Å². The molecule has 1 fully saturated rings. The van der Waals surface area contributed by atoms with Crippen LogP contribution >= 0.6 is 0 Å². The fraction of sp³-hybridized carbons (Fsp3) is 0.474. The van der Waals surface area contributed by atoms with Crippen LogP contribution in [0.25, 0.3) is 0 Å². The molecule has 0 bridgehead atoms. The Morgan fingerprint density at radius 1 is 1.33 bits per heavy atom. The van der Waals surface area contributed by atoms with E-state index in [4.69, 9.17) is 4.74 Å². The molecule has 1 aliphatic rings. The molecule has 146 valence electrons. The van der Waals surface area contributed by atoms with Gasteiger partial charge in [-0.05, 0) is 37.8 Å². The molecule has 1 N–H and O–H groups in total. The van der Waals surface area contributed by atoms with Gasteiger partial charge >= 0.3 is 0 Å². The van der Waals surface area contributed by atoms with Crippen LogP contribution in [0.1, 0.15) is 31.7 Å². The van der Waals surface area contributed by atoms with Crippen molar-refractivity contribution in [2.24, 2.45) is 13.0 Å². The van der Waals surface area contributed by atoms with Gasteiger partial charge in [0.1, 0.15) is 17.7 Å². The van der Waals surface area contributed by atoms with Gasteiger partial charge < -0.3 is 19.3 Å². The molecule has 0 saturated carbocycles. The number of imidazole rings is 1. The third-order valence-electron chi connectivity index (χ3n) is 4.97. The number of nitrogens with zero attached hydrogens (tertiary/aromatic N) is 3. The Labute approximate surface area is 156 Å². The average molecular weight is 379 g/mol. The number of piperidine rings is 1. The van der Waals surface area contributed by atoms with Crippen LogP contribution in [0.4, 0.5) is 8.78 Å². The van der Waals surface area contributed by atoms with Crippen LogP contribution in [0.15, 0.2) is 30.6 Å². The summed E-state index contributed by atoms with van der Waals surface area (Å²) in [6.45, 7) is 2.50. The first-order valence-corrected chi connectivity index (χ1v) is 8.92. The van der Waals surface area contributed by atoms with Gasteiger partial charge in [-0.1, -0.05) is 0 Å². The Balaban J connectivity index is 1.55. The smallest absolute Gasteiger partial charge is 0.263 e. The van der Waals surface area contributed by atoms with Gasteiger partial charge in [0.05, 0.1) is 0 Å². The molecule has 1 aromatic heterocycles. The summed E-state index contributed by atoms with van der Waals surface area (Å²) in [7, 11) is 1.83. The molecule has 0 aliphatic carbocycles. The van der Waals surface area contributed by atoms with E-state index in [2.05, 4.69) is 4.98 Å². The molecule has 1 aromatic carbocycles. The first-order chi connectivity index (χ1) is 12.9. The van der Waals surface area contributed by atoms with Gasteiger partial charge in [0.25, 0.3) is 5.91 Å². The SMILES string of the molecule is C[C@H](Oc1ccc(F)cc1F)C(=O)N1CCC([C@@H](O)c2nccn2C)CC1. The lowest BCUT2D eigenvalue weighted by Crippen LogP contribution is -2.45. The molecule has 1 aliphatic heterocycles. The summed E-state index contributed by atoms with van der Waals surface area (Å²) < 4.78 is 33.8. The van der Waals surface area contributed by atoms with Crippen molar-refractivity contribution in [3.8, 4) is 5.75 Å². The number of hydrogen-bond donors (Lipinski definition) is 1. The number of halogens is 2. The Morgan fingerprint density at radius 3 is 2.63 bits per heavy atom. The molecular weight excluding hydrogens is 356 g/mol. The fourth-order valence-electron chi connectivity index (χ4n) is 3.38. The van der Waals surface area contributed by atoms with Gasteiger partial charge in [-0.3, -0.25) is 4.79 Å². The molecule has 8 heteroatoms. The molecule has 2 aromatic rings. The van der Waals surface area contributed by atoms with E-state index in [0.717, 1.165) is 12.1 Å². The minimum absolute atomic E-state index is 0.0147. The van der Waals surface area contributed by atoms with Crippen LogP contribution in [0.3, 0.4) is 0 Å². The van der Waals surface area contributed by atoms with Crippen molar-refractivity contribution in [2.75, 3.05) is 13.1 Å². The third-order valence-corrected chi connectivity index (χ3v) is 4.97. The summed E-state index contributed by atoms with van der Waals surface area (Å²) in [6, 6.07) is 2.97. The largest absolute Gasteiger partial charge is 0.478 e. The number of aryl methyl sites for hydroxylation is 1. The van der Waals surface area contributed by atoms with Crippen LogP contribution in [-0.2, 0) is 11.8 Å². The summed E-state index contributed by atoms with van der Waals surface area (Å²) in [5.41, 5.74) is 0. The van der Waals surface area contributed by atoms with Crippen molar-refractivity contribution in [3.05, 3.63) is 48.1 Å². The Bertz CT molecular complexity index is 803. The van der Waals surface area contributed by atoms with Gasteiger partial charge in [-0.15, -0.1) is 0 Å². The molecule has 0 radical (unpaired) electrons. The zero-order valence-corrected chi connectivity index (χ0v) is 15.3. The number of ether oxygens (including phenoxy) is 1. The van der Waals surface area contributed by atoms with E-state index in [-0.39, 0.29) is 17.6 Å². The number of aromatic nitrogens is 2. The number of benzene rings is 1. The third kappa shape index (κ3) is 4.27.